The molecule has 0 aliphatic carbocycles. The van der Waals surface area contributed by atoms with E-state index in [-0.39, 0.29) is 5.78 Å². The summed E-state index contributed by atoms with van der Waals surface area (Å²) >= 11 is 0. The van der Waals surface area contributed by atoms with Crippen LogP contribution >= 0.6 is 0 Å². The fraction of sp³-hybridized carbons (Fsp3) is 0.381. The first-order valence-electron chi connectivity index (χ1n) is 8.32. The summed E-state index contributed by atoms with van der Waals surface area (Å²) < 4.78 is 0. The molecular formula is C21H26O. The summed E-state index contributed by atoms with van der Waals surface area (Å²) in [5.41, 5.74) is 4.22. The van der Waals surface area contributed by atoms with E-state index in [1.54, 1.807) is 0 Å². The monoisotopic (exact) mass is 294 g/mol. The minimum Gasteiger partial charge on any atom is -0.289 e. The quantitative estimate of drug-likeness (QED) is 0.602. The Morgan fingerprint density at radius 1 is 0.864 bits per heavy atom. The number of benzene rings is 2. The second-order valence-corrected chi connectivity index (χ2v) is 6.12. The van der Waals surface area contributed by atoms with Crippen molar-refractivity contribution in [1.82, 2.24) is 0 Å². The van der Waals surface area contributed by atoms with Gasteiger partial charge in [0.05, 0.1) is 0 Å². The number of hydrogen-bond acceptors (Lipinski definition) is 1. The molecule has 0 amide bonds. The zero-order chi connectivity index (χ0) is 16.1. The van der Waals surface area contributed by atoms with Crippen molar-refractivity contribution in [2.75, 3.05) is 0 Å². The molecule has 0 radical (unpaired) electrons. The summed E-state index contributed by atoms with van der Waals surface area (Å²) in [6.07, 6.45) is 2.13. The molecular weight excluding hydrogens is 268 g/mol. The van der Waals surface area contributed by atoms with Crippen LogP contribution in [-0.4, -0.2) is 5.78 Å². The number of carbonyl (C=O) groups excluding carboxylic acids is 1. The van der Waals surface area contributed by atoms with Gasteiger partial charge in [-0.15, -0.1) is 0 Å². The van der Waals surface area contributed by atoms with Crippen LogP contribution in [0.5, 0.6) is 0 Å². The molecule has 2 atom stereocenters. The van der Waals surface area contributed by atoms with E-state index in [9.17, 15) is 4.79 Å². The van der Waals surface area contributed by atoms with Crippen LogP contribution < -0.4 is 0 Å². The van der Waals surface area contributed by atoms with E-state index < -0.39 is 0 Å². The van der Waals surface area contributed by atoms with Crippen molar-refractivity contribution in [2.45, 2.75) is 52.4 Å². The predicted molar refractivity (Wildman–Crippen MR) is 93.7 cm³/mol. The Bertz CT molecular complexity index is 628. The lowest BCUT2D eigenvalue weighted by atomic mass is 9.82. The summed E-state index contributed by atoms with van der Waals surface area (Å²) in [6.45, 7) is 8.87. The van der Waals surface area contributed by atoms with E-state index >= 15 is 0 Å². The molecule has 0 aromatic heterocycles. The number of rotatable bonds is 6. The molecule has 0 fully saturated rings. The van der Waals surface area contributed by atoms with Crippen LogP contribution in [0.15, 0.2) is 48.5 Å². The van der Waals surface area contributed by atoms with E-state index in [1.807, 2.05) is 42.5 Å². The SMILES string of the molecule is CCC(C)c1cccc(C(=O)c2ccccc2)c1C(C)CC. The zero-order valence-corrected chi connectivity index (χ0v) is 14.1. The largest absolute Gasteiger partial charge is 0.289 e. The highest BCUT2D eigenvalue weighted by Crippen LogP contribution is 2.33. The fourth-order valence-corrected chi connectivity index (χ4v) is 2.93. The van der Waals surface area contributed by atoms with Crippen molar-refractivity contribution in [3.8, 4) is 0 Å². The molecule has 0 aliphatic rings. The molecule has 0 N–H and O–H groups in total. The molecule has 0 aliphatic heterocycles. The van der Waals surface area contributed by atoms with Crippen molar-refractivity contribution >= 4 is 5.78 Å². The summed E-state index contributed by atoms with van der Waals surface area (Å²) in [7, 11) is 0. The van der Waals surface area contributed by atoms with Crippen molar-refractivity contribution < 1.29 is 4.79 Å². The van der Waals surface area contributed by atoms with Crippen LogP contribution in [0.3, 0.4) is 0 Å². The zero-order valence-electron chi connectivity index (χ0n) is 14.1. The first-order chi connectivity index (χ1) is 10.6. The maximum atomic E-state index is 13.0. The van der Waals surface area contributed by atoms with Crippen molar-refractivity contribution in [2.24, 2.45) is 0 Å². The molecule has 0 saturated heterocycles. The highest BCUT2D eigenvalue weighted by atomic mass is 16.1. The maximum absolute atomic E-state index is 13.0. The molecule has 2 aromatic rings. The molecule has 0 bridgehead atoms. The molecule has 1 heteroatoms. The van der Waals surface area contributed by atoms with Gasteiger partial charge in [-0.05, 0) is 35.8 Å². The van der Waals surface area contributed by atoms with Gasteiger partial charge in [-0.2, -0.15) is 0 Å². The average molecular weight is 294 g/mol. The average Bonchev–Trinajstić information content (AvgIpc) is 2.59. The predicted octanol–water partition coefficient (Wildman–Crippen LogP) is 5.94. The molecule has 22 heavy (non-hydrogen) atoms. The number of carbonyl (C=O) groups is 1. The Kier molecular flexibility index (Phi) is 5.54. The Morgan fingerprint density at radius 3 is 2.09 bits per heavy atom. The van der Waals surface area contributed by atoms with E-state index in [4.69, 9.17) is 0 Å². The molecule has 0 spiro atoms. The summed E-state index contributed by atoms with van der Waals surface area (Å²) in [6, 6.07) is 15.8. The minimum atomic E-state index is 0.140. The van der Waals surface area contributed by atoms with E-state index in [0.717, 1.165) is 24.0 Å². The maximum Gasteiger partial charge on any atom is 0.193 e. The highest BCUT2D eigenvalue weighted by molar-refractivity contribution is 6.10. The van der Waals surface area contributed by atoms with Crippen LogP contribution in [0.2, 0.25) is 0 Å². The highest BCUT2D eigenvalue weighted by Gasteiger charge is 2.21. The van der Waals surface area contributed by atoms with Crippen molar-refractivity contribution in [3.63, 3.8) is 0 Å². The summed E-state index contributed by atoms with van der Waals surface area (Å²) in [4.78, 5) is 13.0. The summed E-state index contributed by atoms with van der Waals surface area (Å²) in [5, 5.41) is 0. The summed E-state index contributed by atoms with van der Waals surface area (Å²) in [5.74, 6) is 1.02. The van der Waals surface area contributed by atoms with Crippen molar-refractivity contribution in [3.05, 3.63) is 70.8 Å². The Morgan fingerprint density at radius 2 is 1.50 bits per heavy atom. The topological polar surface area (TPSA) is 17.1 Å². The Hall–Kier alpha value is -1.89. The normalized spacial score (nSPS) is 13.6. The second-order valence-electron chi connectivity index (χ2n) is 6.12. The van der Waals surface area contributed by atoms with E-state index in [2.05, 4.69) is 33.8 Å². The lowest BCUT2D eigenvalue weighted by molar-refractivity contribution is 0.103. The number of ketones is 1. The lowest BCUT2D eigenvalue weighted by Crippen LogP contribution is -2.11. The number of hydrogen-bond donors (Lipinski definition) is 0. The molecule has 1 nitrogen and oxygen atoms in total. The minimum absolute atomic E-state index is 0.140. The van der Waals surface area contributed by atoms with Crippen LogP contribution in [0.1, 0.15) is 79.4 Å². The molecule has 0 saturated carbocycles. The van der Waals surface area contributed by atoms with Gasteiger partial charge in [0.2, 0.25) is 0 Å². The fourth-order valence-electron chi connectivity index (χ4n) is 2.93. The third kappa shape index (κ3) is 3.30. The van der Waals surface area contributed by atoms with Crippen molar-refractivity contribution in [1.29, 1.82) is 0 Å². The van der Waals surface area contributed by atoms with Crippen LogP contribution in [0.25, 0.3) is 0 Å². The van der Waals surface area contributed by atoms with Crippen LogP contribution in [0, 0.1) is 0 Å². The van der Waals surface area contributed by atoms with Crippen LogP contribution in [-0.2, 0) is 0 Å². The van der Waals surface area contributed by atoms with E-state index in [0.29, 0.717) is 11.8 Å². The molecule has 2 aromatic carbocycles. The lowest BCUT2D eigenvalue weighted by Gasteiger charge is -2.22. The third-order valence-electron chi connectivity index (χ3n) is 4.67. The van der Waals surface area contributed by atoms with Gasteiger partial charge in [0.15, 0.2) is 5.78 Å². The second kappa shape index (κ2) is 7.40. The van der Waals surface area contributed by atoms with Gasteiger partial charge in [0.1, 0.15) is 0 Å². The molecule has 2 rings (SSSR count). The first kappa shape index (κ1) is 16.5. The van der Waals surface area contributed by atoms with E-state index in [1.165, 1.54) is 11.1 Å². The van der Waals surface area contributed by atoms with Gasteiger partial charge in [0, 0.05) is 11.1 Å². The molecule has 0 heterocycles. The standard InChI is InChI=1S/C21H26O/c1-5-15(3)18-13-10-14-19(20(18)16(4)6-2)21(22)17-11-8-7-9-12-17/h7-16H,5-6H2,1-4H3. The van der Waals surface area contributed by atoms with Crippen LogP contribution in [0.4, 0.5) is 0 Å². The molecule has 116 valence electrons. The smallest absolute Gasteiger partial charge is 0.193 e. The van der Waals surface area contributed by atoms with Gasteiger partial charge >= 0.3 is 0 Å². The van der Waals surface area contributed by atoms with Gasteiger partial charge < -0.3 is 0 Å². The van der Waals surface area contributed by atoms with Gasteiger partial charge in [-0.3, -0.25) is 4.79 Å². The van der Waals surface area contributed by atoms with Gasteiger partial charge in [-0.25, -0.2) is 0 Å². The third-order valence-corrected chi connectivity index (χ3v) is 4.67. The van der Waals surface area contributed by atoms with Gasteiger partial charge in [-0.1, -0.05) is 76.2 Å². The first-order valence-corrected chi connectivity index (χ1v) is 8.32. The Balaban J connectivity index is 2.58. The Labute approximate surface area is 134 Å². The van der Waals surface area contributed by atoms with Gasteiger partial charge in [0.25, 0.3) is 0 Å². The molecule has 2 unspecified atom stereocenters.